The number of aryl methyl sites for hydroxylation is 1. The number of hydrogen-bond donors (Lipinski definition) is 2. The van der Waals surface area contributed by atoms with E-state index in [0.29, 0.717) is 37.7 Å². The quantitative estimate of drug-likeness (QED) is 0.268. The Morgan fingerprint density at radius 3 is 2.53 bits per heavy atom. The van der Waals surface area contributed by atoms with Crippen LogP contribution in [-0.2, 0) is 25.5 Å². The van der Waals surface area contributed by atoms with E-state index in [2.05, 4.69) is 10.6 Å². The van der Waals surface area contributed by atoms with Crippen LogP contribution < -0.4 is 15.4 Å². The van der Waals surface area contributed by atoms with Crippen LogP contribution in [0.2, 0.25) is 0 Å². The summed E-state index contributed by atoms with van der Waals surface area (Å²) in [5, 5.41) is 5.75. The molecule has 0 saturated carbocycles. The first-order chi connectivity index (χ1) is 15.6. The van der Waals surface area contributed by atoms with Gasteiger partial charge in [-0.25, -0.2) is 0 Å². The lowest BCUT2D eigenvalue weighted by Crippen LogP contribution is -2.34. The second-order valence-corrected chi connectivity index (χ2v) is 7.44. The average molecular weight is 459 g/mol. The Labute approximate surface area is 194 Å². The summed E-state index contributed by atoms with van der Waals surface area (Å²) in [5.41, 5.74) is 1.92. The molecule has 0 spiro atoms. The lowest BCUT2D eigenvalue weighted by atomic mass is 10.1. The van der Waals surface area contributed by atoms with Crippen LogP contribution >= 0.6 is 12.2 Å². The number of ether oxygens (including phenoxy) is 3. The highest BCUT2D eigenvalue weighted by molar-refractivity contribution is 7.80. The van der Waals surface area contributed by atoms with E-state index in [1.54, 1.807) is 13.2 Å². The van der Waals surface area contributed by atoms with Crippen molar-refractivity contribution in [1.29, 1.82) is 0 Å². The van der Waals surface area contributed by atoms with Crippen LogP contribution in [0, 0.1) is 0 Å². The largest absolute Gasteiger partial charge is 0.491 e. The number of esters is 1. The zero-order chi connectivity index (χ0) is 23.0. The molecule has 0 heterocycles. The Morgan fingerprint density at radius 2 is 1.75 bits per heavy atom. The molecule has 2 rings (SSSR count). The molecule has 1 amide bonds. The van der Waals surface area contributed by atoms with Crippen LogP contribution in [0.3, 0.4) is 0 Å². The first-order valence-electron chi connectivity index (χ1n) is 10.6. The number of carbonyl (C=O) groups is 2. The van der Waals surface area contributed by atoms with Crippen LogP contribution in [0.4, 0.5) is 5.69 Å². The molecule has 2 N–H and O–H groups in total. The number of anilines is 1. The van der Waals surface area contributed by atoms with Gasteiger partial charge in [0.1, 0.15) is 12.4 Å². The summed E-state index contributed by atoms with van der Waals surface area (Å²) >= 11 is 5.18. The molecule has 32 heavy (non-hydrogen) atoms. The van der Waals surface area contributed by atoms with Gasteiger partial charge >= 0.3 is 5.97 Å². The van der Waals surface area contributed by atoms with Gasteiger partial charge < -0.3 is 24.8 Å². The Balaban J connectivity index is 1.57. The van der Waals surface area contributed by atoms with Crippen molar-refractivity contribution in [2.45, 2.75) is 32.1 Å². The van der Waals surface area contributed by atoms with Crippen LogP contribution in [0.5, 0.6) is 5.75 Å². The molecule has 0 aliphatic rings. The fraction of sp³-hybridized carbons (Fsp3) is 0.375. The predicted octanol–water partition coefficient (Wildman–Crippen LogP) is 3.87. The summed E-state index contributed by atoms with van der Waals surface area (Å²) in [6.45, 7) is 1.31. The molecule has 2 aromatic rings. The van der Waals surface area contributed by atoms with E-state index in [1.807, 2.05) is 48.5 Å². The van der Waals surface area contributed by atoms with Crippen molar-refractivity contribution in [2.75, 3.05) is 32.2 Å². The number of thiocarbonyl (C=S) groups is 1. The number of methoxy groups -OCH3 is 1. The van der Waals surface area contributed by atoms with E-state index in [-0.39, 0.29) is 29.8 Å². The molecule has 0 fully saturated rings. The molecule has 0 aliphatic carbocycles. The molecule has 0 aromatic heterocycles. The molecule has 8 heteroatoms. The van der Waals surface area contributed by atoms with Crippen LogP contribution in [-0.4, -0.2) is 43.9 Å². The summed E-state index contributed by atoms with van der Waals surface area (Å²) < 4.78 is 15.7. The number of carbonyl (C=O) groups excluding carboxylic acids is 2. The third-order valence-electron chi connectivity index (χ3n) is 4.40. The molecule has 0 radical (unpaired) electrons. The zero-order valence-electron chi connectivity index (χ0n) is 18.3. The SMILES string of the molecule is COCCOc1cccc(NC(=S)NC(=O)CCCC(=O)OCCCc2ccccc2)c1. The molecule has 0 aliphatic heterocycles. The van der Waals surface area contributed by atoms with Gasteiger partial charge in [0, 0.05) is 31.7 Å². The fourth-order valence-corrected chi connectivity index (χ4v) is 3.06. The summed E-state index contributed by atoms with van der Waals surface area (Å²) in [6, 6.07) is 17.3. The fourth-order valence-electron chi connectivity index (χ4n) is 2.83. The second-order valence-electron chi connectivity index (χ2n) is 7.03. The van der Waals surface area contributed by atoms with Gasteiger partial charge in [0.15, 0.2) is 5.11 Å². The maximum atomic E-state index is 12.1. The summed E-state index contributed by atoms with van der Waals surface area (Å²) in [4.78, 5) is 23.9. The molecular formula is C24H30N2O5S. The third kappa shape index (κ3) is 10.9. The van der Waals surface area contributed by atoms with E-state index >= 15 is 0 Å². The van der Waals surface area contributed by atoms with Crippen LogP contribution in [0.25, 0.3) is 0 Å². The maximum Gasteiger partial charge on any atom is 0.305 e. The van der Waals surface area contributed by atoms with Gasteiger partial charge in [-0.3, -0.25) is 9.59 Å². The van der Waals surface area contributed by atoms with E-state index in [4.69, 9.17) is 26.4 Å². The number of nitrogens with one attached hydrogen (secondary N) is 2. The standard InChI is InChI=1S/C24H30N2O5S/c1-29-16-17-30-21-12-5-11-20(18-21)25-24(32)26-22(27)13-6-14-23(28)31-15-7-10-19-8-3-2-4-9-19/h2-5,8-9,11-12,18H,6-7,10,13-17H2,1H3,(H2,25,26,27,32). The van der Waals surface area contributed by atoms with Crippen molar-refractivity contribution in [3.63, 3.8) is 0 Å². The lowest BCUT2D eigenvalue weighted by Gasteiger charge is -2.11. The Bertz CT molecular complexity index is 860. The molecule has 7 nitrogen and oxygen atoms in total. The van der Waals surface area contributed by atoms with Crippen molar-refractivity contribution in [1.82, 2.24) is 5.32 Å². The van der Waals surface area contributed by atoms with Gasteiger partial charge in [0.05, 0.1) is 13.2 Å². The maximum absolute atomic E-state index is 12.1. The van der Waals surface area contributed by atoms with Crippen molar-refractivity contribution in [3.05, 3.63) is 60.2 Å². The number of benzene rings is 2. The smallest absolute Gasteiger partial charge is 0.305 e. The molecule has 0 unspecified atom stereocenters. The molecule has 0 saturated heterocycles. The molecule has 2 aromatic carbocycles. The van der Waals surface area contributed by atoms with Gasteiger partial charge in [0.25, 0.3) is 0 Å². The van der Waals surface area contributed by atoms with Crippen molar-refractivity contribution in [3.8, 4) is 5.75 Å². The molecule has 0 bridgehead atoms. The first kappa shape index (κ1) is 25.3. The topological polar surface area (TPSA) is 85.9 Å². The van der Waals surface area contributed by atoms with Crippen molar-refractivity contribution >= 4 is 34.9 Å². The van der Waals surface area contributed by atoms with E-state index in [9.17, 15) is 9.59 Å². The minimum atomic E-state index is -0.295. The highest BCUT2D eigenvalue weighted by Gasteiger charge is 2.09. The Kier molecular flexibility index (Phi) is 11.8. The van der Waals surface area contributed by atoms with Gasteiger partial charge in [-0.15, -0.1) is 0 Å². The summed E-state index contributed by atoms with van der Waals surface area (Å²) in [6.07, 6.45) is 2.41. The highest BCUT2D eigenvalue weighted by Crippen LogP contribution is 2.17. The molecule has 172 valence electrons. The minimum Gasteiger partial charge on any atom is -0.491 e. The average Bonchev–Trinajstić information content (AvgIpc) is 2.78. The highest BCUT2D eigenvalue weighted by atomic mass is 32.1. The third-order valence-corrected chi connectivity index (χ3v) is 4.61. The summed E-state index contributed by atoms with van der Waals surface area (Å²) in [7, 11) is 1.61. The van der Waals surface area contributed by atoms with Crippen LogP contribution in [0.1, 0.15) is 31.2 Å². The summed E-state index contributed by atoms with van der Waals surface area (Å²) in [5.74, 6) is 0.118. The van der Waals surface area contributed by atoms with Gasteiger partial charge in [-0.1, -0.05) is 36.4 Å². The monoisotopic (exact) mass is 458 g/mol. The van der Waals surface area contributed by atoms with Gasteiger partial charge in [-0.2, -0.15) is 0 Å². The molecular weight excluding hydrogens is 428 g/mol. The predicted molar refractivity (Wildman–Crippen MR) is 128 cm³/mol. The van der Waals surface area contributed by atoms with E-state index in [1.165, 1.54) is 5.56 Å². The Morgan fingerprint density at radius 1 is 0.938 bits per heavy atom. The van der Waals surface area contributed by atoms with Crippen molar-refractivity contribution < 1.29 is 23.8 Å². The zero-order valence-corrected chi connectivity index (χ0v) is 19.1. The Hall–Kier alpha value is -2.97. The number of rotatable bonds is 13. The van der Waals surface area contributed by atoms with Crippen molar-refractivity contribution in [2.24, 2.45) is 0 Å². The van der Waals surface area contributed by atoms with Gasteiger partial charge in [0.2, 0.25) is 5.91 Å². The second kappa shape index (κ2) is 14.9. The lowest BCUT2D eigenvalue weighted by molar-refractivity contribution is -0.143. The van der Waals surface area contributed by atoms with E-state index < -0.39 is 0 Å². The normalized spacial score (nSPS) is 10.3. The number of amides is 1. The van der Waals surface area contributed by atoms with Crippen LogP contribution in [0.15, 0.2) is 54.6 Å². The number of hydrogen-bond acceptors (Lipinski definition) is 6. The first-order valence-corrected chi connectivity index (χ1v) is 11.0. The van der Waals surface area contributed by atoms with Gasteiger partial charge in [-0.05, 0) is 49.2 Å². The van der Waals surface area contributed by atoms with E-state index in [0.717, 1.165) is 12.8 Å². The minimum absolute atomic E-state index is 0.182. The molecule has 0 atom stereocenters.